The summed E-state index contributed by atoms with van der Waals surface area (Å²) >= 11 is 0. The minimum atomic E-state index is -0.434. The molecule has 8 unspecified atom stereocenters. The van der Waals surface area contributed by atoms with Gasteiger partial charge in [-0.05, 0) is 122 Å². The van der Waals surface area contributed by atoms with Crippen molar-refractivity contribution in [1.82, 2.24) is 0 Å². The van der Waals surface area contributed by atoms with Gasteiger partial charge in [0.25, 0.3) is 0 Å². The molecule has 0 fully saturated rings. The molecule has 8 atom stereocenters. The Kier molecular flexibility index (Phi) is 13.5. The molecule has 73 heavy (non-hydrogen) atoms. The molecular weight excluding hydrogens is 901 g/mol. The number of hydrogen-bond acceptors (Lipinski definition) is 6. The summed E-state index contributed by atoms with van der Waals surface area (Å²) in [5.41, 5.74) is 8.46. The van der Waals surface area contributed by atoms with Gasteiger partial charge in [0.2, 0.25) is 0 Å². The van der Waals surface area contributed by atoms with Crippen molar-refractivity contribution in [2.75, 3.05) is 47.8 Å². The predicted molar refractivity (Wildman–Crippen MR) is 295 cm³/mol. The molecule has 0 heterocycles. The summed E-state index contributed by atoms with van der Waals surface area (Å²) in [6.07, 6.45) is 22.7. The van der Waals surface area contributed by atoms with Gasteiger partial charge in [-0.1, -0.05) is 171 Å². The third-order valence-corrected chi connectivity index (χ3v) is 16.1. The van der Waals surface area contributed by atoms with Crippen LogP contribution in [0.1, 0.15) is 64.6 Å². The second kappa shape index (κ2) is 20.6. The van der Waals surface area contributed by atoms with Gasteiger partial charge in [0.05, 0.1) is 25.7 Å². The van der Waals surface area contributed by atoms with Crippen LogP contribution in [0.3, 0.4) is 0 Å². The van der Waals surface area contributed by atoms with Crippen LogP contribution in [0.2, 0.25) is 0 Å². The number of methoxy groups -OCH3 is 3. The van der Waals surface area contributed by atoms with Gasteiger partial charge in [-0.15, -0.1) is 0 Å². The molecule has 11 rings (SSSR count). The van der Waals surface area contributed by atoms with E-state index >= 15 is 0 Å². The molecule has 0 spiro atoms. The second-order valence-corrected chi connectivity index (χ2v) is 19.9. The Morgan fingerprint density at radius 2 is 1.11 bits per heavy atom. The number of benzene rings is 7. The smallest absolute Gasteiger partial charge is 0.156 e. The Morgan fingerprint density at radius 1 is 0.507 bits per heavy atom. The van der Waals surface area contributed by atoms with E-state index in [1.807, 2.05) is 0 Å². The number of ether oxygens (including phenoxy) is 6. The SMILES string of the molecule is C/C=c1/cc(OCC(COC)Oc2ccc(C3(c4ccc(OCCOC)cc4)c4ccccc4C4C=CC=CC43)cc2)cc/c1=C/C(C)C1(c2ccc3cc(OC)ccc3c2)c2ccccc2C2C=CC=CC21. The molecule has 0 radical (unpaired) electrons. The van der Waals surface area contributed by atoms with Crippen LogP contribution in [-0.4, -0.2) is 53.9 Å². The first-order chi connectivity index (χ1) is 35.9. The Hall–Kier alpha value is -7.38. The maximum atomic E-state index is 6.69. The third kappa shape index (κ3) is 8.50. The minimum absolute atomic E-state index is 0.119. The summed E-state index contributed by atoms with van der Waals surface area (Å²) in [6, 6.07) is 55.2. The van der Waals surface area contributed by atoms with Gasteiger partial charge in [0.1, 0.15) is 36.2 Å². The quantitative estimate of drug-likeness (QED) is 0.0848. The highest BCUT2D eigenvalue weighted by atomic mass is 16.6. The fourth-order valence-corrected chi connectivity index (χ4v) is 12.9. The zero-order valence-electron chi connectivity index (χ0n) is 42.4. The van der Waals surface area contributed by atoms with Gasteiger partial charge in [-0.3, -0.25) is 0 Å². The van der Waals surface area contributed by atoms with Crippen molar-refractivity contribution >= 4 is 22.9 Å². The van der Waals surface area contributed by atoms with E-state index in [4.69, 9.17) is 28.4 Å². The van der Waals surface area contributed by atoms with Crippen molar-refractivity contribution in [1.29, 1.82) is 0 Å². The average molecular weight is 965 g/mol. The van der Waals surface area contributed by atoms with E-state index in [2.05, 4.69) is 226 Å². The summed E-state index contributed by atoms with van der Waals surface area (Å²) in [4.78, 5) is 0. The molecule has 0 bridgehead atoms. The van der Waals surface area contributed by atoms with Gasteiger partial charge in [0.15, 0.2) is 6.10 Å². The number of allylic oxidation sites excluding steroid dienone is 8. The highest BCUT2D eigenvalue weighted by Crippen LogP contribution is 2.61. The van der Waals surface area contributed by atoms with Crippen molar-refractivity contribution in [2.24, 2.45) is 17.8 Å². The predicted octanol–water partition coefficient (Wildman–Crippen LogP) is 12.6. The Bertz CT molecular complexity index is 3370. The summed E-state index contributed by atoms with van der Waals surface area (Å²) in [5, 5.41) is 4.67. The number of fused-ring (bicyclic) bond motifs is 7. The summed E-state index contributed by atoms with van der Waals surface area (Å²) in [5.74, 6) is 4.31. The lowest BCUT2D eigenvalue weighted by Gasteiger charge is -2.42. The van der Waals surface area contributed by atoms with E-state index in [1.54, 1.807) is 21.3 Å². The lowest BCUT2D eigenvalue weighted by Crippen LogP contribution is -2.40. The molecule has 0 saturated carbocycles. The summed E-state index contributed by atoms with van der Waals surface area (Å²) in [6.45, 7) is 6.22. The lowest BCUT2D eigenvalue weighted by molar-refractivity contribution is 0.0484. The van der Waals surface area contributed by atoms with Crippen LogP contribution < -0.4 is 29.4 Å². The van der Waals surface area contributed by atoms with Crippen LogP contribution >= 0.6 is 0 Å². The highest BCUT2D eigenvalue weighted by Gasteiger charge is 2.55. The molecule has 6 nitrogen and oxygen atoms in total. The number of hydrogen-bond donors (Lipinski definition) is 0. The molecule has 7 aromatic rings. The lowest BCUT2D eigenvalue weighted by atomic mass is 9.60. The summed E-state index contributed by atoms with van der Waals surface area (Å²) < 4.78 is 35.8. The fraction of sp³-hybridized carbons (Fsp3) is 0.254. The van der Waals surface area contributed by atoms with Crippen molar-refractivity contribution in [3.63, 3.8) is 0 Å². The zero-order valence-corrected chi connectivity index (χ0v) is 42.4. The van der Waals surface area contributed by atoms with Crippen molar-refractivity contribution in [3.8, 4) is 23.0 Å². The van der Waals surface area contributed by atoms with Crippen LogP contribution in [-0.2, 0) is 20.3 Å². The van der Waals surface area contributed by atoms with Crippen LogP contribution in [0.4, 0.5) is 0 Å². The van der Waals surface area contributed by atoms with Crippen LogP contribution in [0.25, 0.3) is 22.9 Å². The topological polar surface area (TPSA) is 55.4 Å². The molecule has 0 aromatic heterocycles. The second-order valence-electron chi connectivity index (χ2n) is 19.9. The molecule has 0 N–H and O–H groups in total. The Balaban J connectivity index is 0.866. The third-order valence-electron chi connectivity index (χ3n) is 16.1. The molecule has 0 aliphatic heterocycles. The van der Waals surface area contributed by atoms with Gasteiger partial charge < -0.3 is 28.4 Å². The molecule has 368 valence electrons. The van der Waals surface area contributed by atoms with E-state index < -0.39 is 5.41 Å². The highest BCUT2D eigenvalue weighted by molar-refractivity contribution is 5.85. The number of rotatable bonds is 17. The molecule has 4 aliphatic rings. The molecule has 0 saturated heterocycles. The van der Waals surface area contributed by atoms with Gasteiger partial charge in [-0.2, -0.15) is 0 Å². The van der Waals surface area contributed by atoms with E-state index in [0.717, 1.165) is 28.2 Å². The van der Waals surface area contributed by atoms with Crippen molar-refractivity contribution < 1.29 is 28.4 Å². The molecule has 4 aliphatic carbocycles. The van der Waals surface area contributed by atoms with Gasteiger partial charge in [-0.25, -0.2) is 0 Å². The van der Waals surface area contributed by atoms with Gasteiger partial charge >= 0.3 is 0 Å². The van der Waals surface area contributed by atoms with E-state index in [9.17, 15) is 0 Å². The average Bonchev–Trinajstić information content (AvgIpc) is 3.93. The monoisotopic (exact) mass is 964 g/mol. The Morgan fingerprint density at radius 3 is 1.82 bits per heavy atom. The maximum absolute atomic E-state index is 6.69. The van der Waals surface area contributed by atoms with Crippen LogP contribution in [0.15, 0.2) is 200 Å². The van der Waals surface area contributed by atoms with Crippen molar-refractivity contribution in [3.05, 3.63) is 250 Å². The van der Waals surface area contributed by atoms with Crippen molar-refractivity contribution in [2.45, 2.75) is 42.6 Å². The van der Waals surface area contributed by atoms with E-state index in [1.165, 1.54) is 54.9 Å². The van der Waals surface area contributed by atoms with E-state index in [-0.39, 0.29) is 41.1 Å². The van der Waals surface area contributed by atoms with E-state index in [0.29, 0.717) is 26.4 Å². The molecular formula is C67H64O6. The molecule has 7 aromatic carbocycles. The first-order valence-corrected chi connectivity index (χ1v) is 25.8. The normalized spacial score (nSPS) is 23.4. The minimum Gasteiger partial charge on any atom is -0.497 e. The zero-order chi connectivity index (χ0) is 49.9. The maximum Gasteiger partial charge on any atom is 0.156 e. The molecule has 6 heteroatoms. The van der Waals surface area contributed by atoms with Crippen LogP contribution in [0, 0.1) is 17.8 Å². The summed E-state index contributed by atoms with van der Waals surface area (Å²) in [7, 11) is 5.12. The standard InChI is InChI=1S/C67H64O6/c1-6-46-41-56(32-25-47(46)39-45(2)66(52-26-23-49-42-55(70-5)31-24-48(49)40-52)62-19-11-7-15-58(62)59-16-8-12-20-63(59)66)72-44-57(43-69-4)73-54-35-29-51(30-36-54)67(50-27-33-53(34-28-50)71-38-37-68-3)64-21-13-9-17-60(64)61-18-10-14-22-65(61)67/h6-36,39-42,45,57-58,60,62,64H,37-38,43-44H2,1-5H3/b46-6-,47-39-. The fourth-order valence-electron chi connectivity index (χ4n) is 12.9. The van der Waals surface area contributed by atoms with Crippen LogP contribution in [0.5, 0.6) is 23.0 Å². The first kappa shape index (κ1) is 47.9. The van der Waals surface area contributed by atoms with Gasteiger partial charge in [0, 0.05) is 43.3 Å². The molecule has 0 amide bonds. The first-order valence-electron chi connectivity index (χ1n) is 25.8. The largest absolute Gasteiger partial charge is 0.497 e. The Labute approximate surface area is 430 Å².